The van der Waals surface area contributed by atoms with E-state index in [-0.39, 0.29) is 11.8 Å². The van der Waals surface area contributed by atoms with Gasteiger partial charge in [-0.25, -0.2) is 4.98 Å². The molecule has 2 aromatic rings. The normalized spacial score (nSPS) is 25.1. The third kappa shape index (κ3) is 1.94. The summed E-state index contributed by atoms with van der Waals surface area (Å²) in [5, 5.41) is 3.19. The molecule has 1 atom stereocenters. The molecular formula is C16H15N3O2S. The minimum Gasteiger partial charge on any atom is -0.335 e. The number of likely N-dealkylation sites (tertiary alicyclic amines) is 1. The Bertz CT molecular complexity index is 862. The van der Waals surface area contributed by atoms with Gasteiger partial charge in [-0.15, -0.1) is 11.3 Å². The van der Waals surface area contributed by atoms with Gasteiger partial charge in [-0.1, -0.05) is 18.7 Å². The molecule has 1 unspecified atom stereocenters. The average molecular weight is 315 g/mol. The highest BCUT2D eigenvalue weighted by Gasteiger charge is 2.50. The number of nitrogens with one attached hydrogen (secondary N) is 1. The summed E-state index contributed by atoms with van der Waals surface area (Å²) in [6.07, 6.45) is 1.25. The van der Waals surface area contributed by atoms with Gasteiger partial charge in [-0.3, -0.25) is 9.59 Å². The van der Waals surface area contributed by atoms with E-state index in [9.17, 15) is 9.59 Å². The van der Waals surface area contributed by atoms with Crippen LogP contribution in [0.2, 0.25) is 0 Å². The van der Waals surface area contributed by atoms with Crippen molar-refractivity contribution in [3.8, 4) is 0 Å². The molecule has 2 fully saturated rings. The number of allylic oxidation sites excluding steroid dienone is 1. The van der Waals surface area contributed by atoms with E-state index >= 15 is 0 Å². The second-order valence-corrected chi connectivity index (χ2v) is 6.93. The van der Waals surface area contributed by atoms with Gasteiger partial charge < -0.3 is 10.2 Å². The SMILES string of the molecule is [3H]c1ccc2sc(C(=O)N3CCC4(CC(=C)NC4=O)C3)nc2c1. The molecule has 112 valence electrons. The molecule has 0 aliphatic carbocycles. The third-order valence-corrected chi connectivity index (χ3v) is 5.40. The number of amides is 2. The lowest BCUT2D eigenvalue weighted by Crippen LogP contribution is -2.36. The Morgan fingerprint density at radius 3 is 3.18 bits per heavy atom. The lowest BCUT2D eigenvalue weighted by Gasteiger charge is -2.20. The number of rotatable bonds is 1. The van der Waals surface area contributed by atoms with Crippen LogP contribution in [-0.2, 0) is 4.79 Å². The number of hydrogen-bond donors (Lipinski definition) is 1. The number of thiazole rings is 1. The number of fused-ring (bicyclic) bond motifs is 1. The molecule has 1 aromatic carbocycles. The zero-order valence-corrected chi connectivity index (χ0v) is 12.7. The molecule has 1 N–H and O–H groups in total. The predicted octanol–water partition coefficient (Wildman–Crippen LogP) is 2.16. The van der Waals surface area contributed by atoms with Crippen LogP contribution >= 0.6 is 11.3 Å². The molecular weight excluding hydrogens is 298 g/mol. The number of benzene rings is 1. The smallest absolute Gasteiger partial charge is 0.282 e. The lowest BCUT2D eigenvalue weighted by molar-refractivity contribution is -0.126. The van der Waals surface area contributed by atoms with E-state index in [2.05, 4.69) is 16.9 Å². The molecule has 0 saturated carbocycles. The highest BCUT2D eigenvalue weighted by atomic mass is 32.1. The Morgan fingerprint density at radius 2 is 2.41 bits per heavy atom. The first kappa shape index (κ1) is 12.3. The van der Waals surface area contributed by atoms with Crippen LogP contribution in [0.3, 0.4) is 0 Å². The molecule has 2 amide bonds. The van der Waals surface area contributed by atoms with Crippen molar-refractivity contribution in [3.05, 3.63) is 41.5 Å². The van der Waals surface area contributed by atoms with Gasteiger partial charge in [0.15, 0.2) is 5.01 Å². The zero-order valence-electron chi connectivity index (χ0n) is 12.9. The number of para-hydroxylation sites is 1. The second kappa shape index (κ2) is 4.64. The Hall–Kier alpha value is -2.21. The molecule has 1 spiro atoms. The summed E-state index contributed by atoms with van der Waals surface area (Å²) in [7, 11) is 0. The molecule has 1 aromatic heterocycles. The van der Waals surface area contributed by atoms with Gasteiger partial charge >= 0.3 is 0 Å². The number of nitrogens with zero attached hydrogens (tertiary/aromatic N) is 2. The van der Waals surface area contributed by atoms with Gasteiger partial charge in [0.2, 0.25) is 5.91 Å². The van der Waals surface area contributed by atoms with Gasteiger partial charge in [-0.05, 0) is 18.6 Å². The van der Waals surface area contributed by atoms with E-state index in [4.69, 9.17) is 1.37 Å². The first-order chi connectivity index (χ1) is 11.0. The molecule has 6 heteroatoms. The van der Waals surface area contributed by atoms with Gasteiger partial charge in [0.05, 0.1) is 17.0 Å². The van der Waals surface area contributed by atoms with Crippen LogP contribution in [0.1, 0.15) is 24.0 Å². The van der Waals surface area contributed by atoms with Crippen molar-refractivity contribution < 1.29 is 11.0 Å². The summed E-state index contributed by atoms with van der Waals surface area (Å²) in [6.45, 7) is 4.79. The standard InChI is InChI=1S/C16H15N3O2S/c1-10-8-16(15(21)17-10)6-7-19(9-16)14(20)13-18-11-4-2-3-5-12(11)22-13/h2-5H,1,6-9H2,(H,17,21)/i2T. The van der Waals surface area contributed by atoms with Gasteiger partial charge in [-0.2, -0.15) is 0 Å². The first-order valence-corrected chi connectivity index (χ1v) is 7.94. The Morgan fingerprint density at radius 1 is 1.55 bits per heavy atom. The summed E-state index contributed by atoms with van der Waals surface area (Å²) < 4.78 is 8.52. The van der Waals surface area contributed by atoms with Crippen LogP contribution in [0, 0.1) is 5.41 Å². The fourth-order valence-corrected chi connectivity index (χ4v) is 4.16. The maximum absolute atomic E-state index is 12.7. The maximum atomic E-state index is 12.7. The summed E-state index contributed by atoms with van der Waals surface area (Å²) >= 11 is 1.33. The number of carbonyl (C=O) groups is 2. The van der Waals surface area contributed by atoms with Crippen molar-refractivity contribution in [2.24, 2.45) is 5.41 Å². The van der Waals surface area contributed by atoms with Crippen molar-refractivity contribution in [1.82, 2.24) is 15.2 Å². The first-order valence-electron chi connectivity index (χ1n) is 7.63. The lowest BCUT2D eigenvalue weighted by atomic mass is 9.85. The maximum Gasteiger partial charge on any atom is 0.282 e. The highest BCUT2D eigenvalue weighted by molar-refractivity contribution is 7.20. The summed E-state index contributed by atoms with van der Waals surface area (Å²) in [5.74, 6) is -0.166. The second-order valence-electron chi connectivity index (χ2n) is 5.90. The van der Waals surface area contributed by atoms with Crippen molar-refractivity contribution in [2.45, 2.75) is 12.8 Å². The molecule has 2 saturated heterocycles. The fourth-order valence-electron chi connectivity index (χ4n) is 3.25. The Kier molecular flexibility index (Phi) is 2.61. The Labute approximate surface area is 133 Å². The highest BCUT2D eigenvalue weighted by Crippen LogP contribution is 2.41. The van der Waals surface area contributed by atoms with Crippen molar-refractivity contribution in [3.63, 3.8) is 0 Å². The van der Waals surface area contributed by atoms with Gasteiger partial charge in [0.25, 0.3) is 5.91 Å². The van der Waals surface area contributed by atoms with Gasteiger partial charge in [0.1, 0.15) is 0 Å². The van der Waals surface area contributed by atoms with E-state index in [0.717, 1.165) is 10.4 Å². The third-order valence-electron chi connectivity index (χ3n) is 4.38. The van der Waals surface area contributed by atoms with E-state index in [1.54, 1.807) is 17.0 Å². The van der Waals surface area contributed by atoms with Crippen LogP contribution in [0.5, 0.6) is 0 Å². The van der Waals surface area contributed by atoms with E-state index < -0.39 is 5.41 Å². The van der Waals surface area contributed by atoms with Crippen LogP contribution in [0.4, 0.5) is 0 Å². The minimum absolute atomic E-state index is 0.0269. The quantitative estimate of drug-likeness (QED) is 0.877. The van der Waals surface area contributed by atoms with E-state index in [1.807, 2.05) is 6.07 Å². The zero-order chi connectivity index (χ0) is 16.2. The van der Waals surface area contributed by atoms with E-state index in [0.29, 0.717) is 42.5 Å². The van der Waals surface area contributed by atoms with Gasteiger partial charge in [0, 0.05) is 25.2 Å². The van der Waals surface area contributed by atoms with E-state index in [1.165, 1.54) is 11.3 Å². The van der Waals surface area contributed by atoms with Crippen LogP contribution in [0.15, 0.2) is 36.5 Å². The van der Waals surface area contributed by atoms with Crippen LogP contribution in [-0.4, -0.2) is 34.8 Å². The molecule has 3 heterocycles. The summed E-state index contributed by atoms with van der Waals surface area (Å²) in [6, 6.07) is 5.53. The average Bonchev–Trinajstić information content (AvgIpc) is 3.17. The number of aromatic nitrogens is 1. The van der Waals surface area contributed by atoms with Crippen molar-refractivity contribution in [2.75, 3.05) is 13.1 Å². The number of hydrogen-bond acceptors (Lipinski definition) is 4. The van der Waals surface area contributed by atoms with Crippen molar-refractivity contribution in [1.29, 1.82) is 0 Å². The molecule has 2 aliphatic heterocycles. The topological polar surface area (TPSA) is 62.3 Å². The Balaban J connectivity index is 1.59. The monoisotopic (exact) mass is 315 g/mol. The molecule has 22 heavy (non-hydrogen) atoms. The van der Waals surface area contributed by atoms with Crippen LogP contribution in [0.25, 0.3) is 10.2 Å². The minimum atomic E-state index is -0.516. The molecule has 4 rings (SSSR count). The summed E-state index contributed by atoms with van der Waals surface area (Å²) in [4.78, 5) is 30.9. The fraction of sp³-hybridized carbons (Fsp3) is 0.312. The number of carbonyl (C=O) groups excluding carboxylic acids is 2. The van der Waals surface area contributed by atoms with Crippen LogP contribution < -0.4 is 5.32 Å². The predicted molar refractivity (Wildman–Crippen MR) is 84.5 cm³/mol. The summed E-state index contributed by atoms with van der Waals surface area (Å²) in [5.41, 5.74) is 0.886. The largest absolute Gasteiger partial charge is 0.335 e. The molecule has 2 aliphatic rings. The molecule has 0 bridgehead atoms. The molecule has 0 radical (unpaired) electrons. The van der Waals surface area contributed by atoms with Crippen molar-refractivity contribution >= 4 is 33.4 Å². The molecule has 5 nitrogen and oxygen atoms in total.